The van der Waals surface area contributed by atoms with E-state index in [1.54, 1.807) is 19.0 Å². The van der Waals surface area contributed by atoms with E-state index >= 15 is 0 Å². The highest BCUT2D eigenvalue weighted by Crippen LogP contribution is 2.31. The molecule has 0 aromatic carbocycles. The van der Waals surface area contributed by atoms with Crippen LogP contribution in [0.15, 0.2) is 0 Å². The van der Waals surface area contributed by atoms with E-state index in [9.17, 15) is 4.79 Å². The maximum atomic E-state index is 11.8. The minimum atomic E-state index is 0.168. The number of thioether (sulfide) groups is 1. The Kier molecular flexibility index (Phi) is 5.95. The first kappa shape index (κ1) is 15.8. The summed E-state index contributed by atoms with van der Waals surface area (Å²) in [5, 5.41) is 0. The van der Waals surface area contributed by atoms with E-state index < -0.39 is 0 Å². The molecule has 1 aliphatic rings. The molecule has 4 nitrogen and oxygen atoms in total. The van der Waals surface area contributed by atoms with Gasteiger partial charge >= 0.3 is 0 Å². The topological polar surface area (TPSA) is 49.6 Å². The van der Waals surface area contributed by atoms with Crippen molar-refractivity contribution in [3.05, 3.63) is 0 Å². The average molecular weight is 273 g/mol. The normalized spacial score (nSPS) is 22.3. The maximum Gasteiger partial charge on any atom is 0.223 e. The molecule has 0 saturated carbocycles. The van der Waals surface area contributed by atoms with Gasteiger partial charge < -0.3 is 10.6 Å². The van der Waals surface area contributed by atoms with Gasteiger partial charge in [0.1, 0.15) is 0 Å². The summed E-state index contributed by atoms with van der Waals surface area (Å²) in [7, 11) is 3.61. The third-order valence-electron chi connectivity index (χ3n) is 3.57. The zero-order valence-corrected chi connectivity index (χ0v) is 12.9. The Morgan fingerprint density at radius 2 is 2.11 bits per heavy atom. The van der Waals surface area contributed by atoms with E-state index in [0.717, 1.165) is 25.3 Å². The molecular formula is C13H27N3OS. The van der Waals surface area contributed by atoms with Gasteiger partial charge in [0.15, 0.2) is 0 Å². The van der Waals surface area contributed by atoms with Crippen LogP contribution in [0.1, 0.15) is 26.7 Å². The SMILES string of the molecule is CN(C)C(=O)CC(CN)N1CCSC(C)(C)CC1. The van der Waals surface area contributed by atoms with Gasteiger partial charge in [0, 0.05) is 50.1 Å². The van der Waals surface area contributed by atoms with Crippen molar-refractivity contribution in [2.24, 2.45) is 5.73 Å². The number of hydrogen-bond donors (Lipinski definition) is 1. The van der Waals surface area contributed by atoms with Crippen molar-refractivity contribution in [1.82, 2.24) is 9.80 Å². The number of hydrogen-bond acceptors (Lipinski definition) is 4. The van der Waals surface area contributed by atoms with E-state index in [-0.39, 0.29) is 11.9 Å². The minimum Gasteiger partial charge on any atom is -0.349 e. The molecule has 0 aliphatic carbocycles. The number of carbonyl (C=O) groups excluding carboxylic acids is 1. The monoisotopic (exact) mass is 273 g/mol. The van der Waals surface area contributed by atoms with Gasteiger partial charge in [0.25, 0.3) is 0 Å². The fraction of sp³-hybridized carbons (Fsp3) is 0.923. The highest BCUT2D eigenvalue weighted by Gasteiger charge is 2.28. The van der Waals surface area contributed by atoms with Gasteiger partial charge in [-0.15, -0.1) is 0 Å². The Hall–Kier alpha value is -0.260. The molecular weight excluding hydrogens is 246 g/mol. The number of rotatable bonds is 4. The van der Waals surface area contributed by atoms with Gasteiger partial charge in [0.05, 0.1) is 0 Å². The first-order valence-corrected chi connectivity index (χ1v) is 7.62. The molecule has 1 aliphatic heterocycles. The van der Waals surface area contributed by atoms with Crippen molar-refractivity contribution < 1.29 is 4.79 Å². The number of nitrogens with two attached hydrogens (primary N) is 1. The maximum absolute atomic E-state index is 11.8. The smallest absolute Gasteiger partial charge is 0.223 e. The highest BCUT2D eigenvalue weighted by molar-refractivity contribution is 8.00. The molecule has 1 atom stereocenters. The van der Waals surface area contributed by atoms with Crippen LogP contribution in [0.25, 0.3) is 0 Å². The molecule has 1 saturated heterocycles. The lowest BCUT2D eigenvalue weighted by Crippen LogP contribution is -2.45. The quantitative estimate of drug-likeness (QED) is 0.830. The first-order chi connectivity index (χ1) is 8.35. The fourth-order valence-electron chi connectivity index (χ4n) is 2.15. The summed E-state index contributed by atoms with van der Waals surface area (Å²) >= 11 is 2.02. The third kappa shape index (κ3) is 4.78. The molecule has 18 heavy (non-hydrogen) atoms. The van der Waals surface area contributed by atoms with Gasteiger partial charge in [-0.2, -0.15) is 11.8 Å². The zero-order chi connectivity index (χ0) is 13.8. The van der Waals surface area contributed by atoms with E-state index in [1.807, 2.05) is 11.8 Å². The second-order valence-corrected chi connectivity index (χ2v) is 7.58. The van der Waals surface area contributed by atoms with Crippen LogP contribution in [-0.2, 0) is 4.79 Å². The van der Waals surface area contributed by atoms with Crippen LogP contribution in [0.4, 0.5) is 0 Å². The summed E-state index contributed by atoms with van der Waals surface area (Å²) in [6.45, 7) is 7.23. The van der Waals surface area contributed by atoms with Crippen molar-refractivity contribution in [1.29, 1.82) is 0 Å². The van der Waals surface area contributed by atoms with E-state index in [2.05, 4.69) is 18.7 Å². The van der Waals surface area contributed by atoms with Gasteiger partial charge in [-0.25, -0.2) is 0 Å². The molecule has 0 bridgehead atoms. The second kappa shape index (κ2) is 6.78. The number of carbonyl (C=O) groups is 1. The standard InChI is InChI=1S/C13H27N3OS/c1-13(2)5-6-16(7-8-18-13)11(10-14)9-12(17)15(3)4/h11H,5-10,14H2,1-4H3. The Morgan fingerprint density at radius 3 is 2.67 bits per heavy atom. The van der Waals surface area contributed by atoms with E-state index in [0.29, 0.717) is 17.7 Å². The van der Waals surface area contributed by atoms with Crippen molar-refractivity contribution in [3.63, 3.8) is 0 Å². The lowest BCUT2D eigenvalue weighted by molar-refractivity contribution is -0.129. The molecule has 0 radical (unpaired) electrons. The first-order valence-electron chi connectivity index (χ1n) is 6.64. The molecule has 0 aromatic rings. The summed E-state index contributed by atoms with van der Waals surface area (Å²) in [4.78, 5) is 15.9. The highest BCUT2D eigenvalue weighted by atomic mass is 32.2. The number of nitrogens with zero attached hydrogens (tertiary/aromatic N) is 2. The Labute approximate surface area is 115 Å². The molecule has 0 spiro atoms. The predicted octanol–water partition coefficient (Wildman–Crippen LogP) is 1.01. The van der Waals surface area contributed by atoms with Crippen LogP contribution in [0.5, 0.6) is 0 Å². The summed E-state index contributed by atoms with van der Waals surface area (Å²) in [5.41, 5.74) is 5.85. The summed E-state index contributed by atoms with van der Waals surface area (Å²) in [6, 6.07) is 0.189. The Bertz CT molecular complexity index is 281. The predicted molar refractivity (Wildman–Crippen MR) is 78.9 cm³/mol. The third-order valence-corrected chi connectivity index (χ3v) is 4.94. The molecule has 0 aromatic heterocycles. The van der Waals surface area contributed by atoms with Gasteiger partial charge in [-0.05, 0) is 13.0 Å². The molecule has 2 N–H and O–H groups in total. The molecule has 1 amide bonds. The number of amides is 1. The lowest BCUT2D eigenvalue weighted by atomic mass is 10.1. The Morgan fingerprint density at radius 1 is 1.44 bits per heavy atom. The van der Waals surface area contributed by atoms with Gasteiger partial charge in [-0.1, -0.05) is 13.8 Å². The average Bonchev–Trinajstić information content (AvgIpc) is 2.46. The lowest BCUT2D eigenvalue weighted by Gasteiger charge is -2.30. The van der Waals surface area contributed by atoms with Crippen molar-refractivity contribution >= 4 is 17.7 Å². The van der Waals surface area contributed by atoms with Crippen LogP contribution in [0.3, 0.4) is 0 Å². The largest absolute Gasteiger partial charge is 0.349 e. The van der Waals surface area contributed by atoms with E-state index in [4.69, 9.17) is 5.73 Å². The molecule has 1 unspecified atom stereocenters. The molecule has 1 fully saturated rings. The summed E-state index contributed by atoms with van der Waals surface area (Å²) < 4.78 is 0.347. The van der Waals surface area contributed by atoms with E-state index in [1.165, 1.54) is 0 Å². The zero-order valence-electron chi connectivity index (χ0n) is 12.1. The molecule has 1 heterocycles. The Balaban J connectivity index is 2.57. The summed E-state index contributed by atoms with van der Waals surface area (Å²) in [5.74, 6) is 1.29. The van der Waals surface area contributed by atoms with Crippen molar-refractivity contribution in [2.75, 3.05) is 39.5 Å². The van der Waals surface area contributed by atoms with Crippen LogP contribution in [0.2, 0.25) is 0 Å². The van der Waals surface area contributed by atoms with Crippen LogP contribution in [0, 0.1) is 0 Å². The van der Waals surface area contributed by atoms with Crippen molar-refractivity contribution in [2.45, 2.75) is 37.5 Å². The van der Waals surface area contributed by atoms with Crippen LogP contribution < -0.4 is 5.73 Å². The second-order valence-electron chi connectivity index (χ2n) is 5.78. The van der Waals surface area contributed by atoms with Crippen LogP contribution in [-0.4, -0.2) is 66.0 Å². The minimum absolute atomic E-state index is 0.168. The van der Waals surface area contributed by atoms with Crippen molar-refractivity contribution in [3.8, 4) is 0 Å². The molecule has 5 heteroatoms. The van der Waals surface area contributed by atoms with Gasteiger partial charge in [0.2, 0.25) is 5.91 Å². The fourth-order valence-corrected chi connectivity index (χ4v) is 3.26. The molecule has 106 valence electrons. The molecule has 1 rings (SSSR count). The van der Waals surface area contributed by atoms with Crippen LogP contribution >= 0.6 is 11.8 Å². The van der Waals surface area contributed by atoms with Gasteiger partial charge in [-0.3, -0.25) is 9.69 Å². The summed E-state index contributed by atoms with van der Waals surface area (Å²) in [6.07, 6.45) is 1.69.